The number of benzene rings is 1. The molecule has 0 aliphatic carbocycles. The van der Waals surface area contributed by atoms with Crippen molar-refractivity contribution in [2.45, 2.75) is 0 Å². The topological polar surface area (TPSA) is 25.8 Å². The molecule has 0 N–H and O–H groups in total. The number of hydrogen-bond acceptors (Lipinski definition) is 2. The predicted octanol–water partition coefficient (Wildman–Crippen LogP) is 1.20. The van der Waals surface area contributed by atoms with E-state index < -0.39 is 0 Å². The van der Waals surface area contributed by atoms with Crippen molar-refractivity contribution < 1.29 is 0 Å². The molecule has 0 bridgehead atoms. The summed E-state index contributed by atoms with van der Waals surface area (Å²) >= 11 is 0.102. The van der Waals surface area contributed by atoms with Crippen molar-refractivity contribution in [1.29, 1.82) is 0 Å². The summed E-state index contributed by atoms with van der Waals surface area (Å²) in [4.78, 5) is 0. The molecular weight excluding hydrogens is 203 g/mol. The maximum absolute atomic E-state index is 4.26. The first-order chi connectivity index (χ1) is 5.47. The van der Waals surface area contributed by atoms with Crippen LogP contribution in [0, 0.1) is 0 Å². The Kier molecular flexibility index (Phi) is 1.84. The Hall–Kier alpha value is -0.921. The zero-order chi connectivity index (χ0) is 7.52. The summed E-state index contributed by atoms with van der Waals surface area (Å²) in [5, 5.41) is 0. The fourth-order valence-electron chi connectivity index (χ4n) is 0.901. The van der Waals surface area contributed by atoms with Crippen molar-refractivity contribution >= 4 is 15.0 Å². The molecule has 2 aromatic rings. The second-order valence-corrected chi connectivity index (χ2v) is 3.33. The Balaban J connectivity index is 2.46. The Morgan fingerprint density at radius 1 is 1.09 bits per heavy atom. The van der Waals surface area contributed by atoms with Crippen molar-refractivity contribution in [2.24, 2.45) is 0 Å². The molecule has 0 spiro atoms. The summed E-state index contributed by atoms with van der Waals surface area (Å²) in [6.07, 6.45) is 1.84. The van der Waals surface area contributed by atoms with Crippen LogP contribution < -0.4 is 0 Å². The Morgan fingerprint density at radius 2 is 1.91 bits per heavy atom. The van der Waals surface area contributed by atoms with Gasteiger partial charge in [0.2, 0.25) is 0 Å². The Labute approximate surface area is 71.1 Å². The van der Waals surface area contributed by atoms with E-state index in [0.717, 1.165) is 11.3 Å². The molecule has 1 heterocycles. The fourth-order valence-corrected chi connectivity index (χ4v) is 1.81. The molecule has 0 radical (unpaired) electrons. The van der Waals surface area contributed by atoms with Gasteiger partial charge < -0.3 is 0 Å². The van der Waals surface area contributed by atoms with Crippen LogP contribution in [0.2, 0.25) is 0 Å². The molecule has 2 nitrogen and oxygen atoms in total. The van der Waals surface area contributed by atoms with Gasteiger partial charge in [-0.25, -0.2) is 0 Å². The zero-order valence-corrected chi connectivity index (χ0v) is 7.48. The second-order valence-electron chi connectivity index (χ2n) is 2.16. The van der Waals surface area contributed by atoms with Crippen LogP contribution in [0.25, 0.3) is 11.3 Å². The average Bonchev–Trinajstić information content (AvgIpc) is 2.58. The molecule has 11 heavy (non-hydrogen) atoms. The van der Waals surface area contributed by atoms with E-state index in [9.17, 15) is 0 Å². The van der Waals surface area contributed by atoms with Crippen LogP contribution in [-0.2, 0) is 0 Å². The van der Waals surface area contributed by atoms with Crippen molar-refractivity contribution in [1.82, 2.24) is 7.96 Å². The van der Waals surface area contributed by atoms with Crippen molar-refractivity contribution in [2.75, 3.05) is 0 Å². The van der Waals surface area contributed by atoms with Gasteiger partial charge in [0, 0.05) is 0 Å². The molecule has 0 atom stereocenters. The van der Waals surface area contributed by atoms with Crippen LogP contribution in [0.4, 0.5) is 0 Å². The molecule has 0 amide bonds. The van der Waals surface area contributed by atoms with Crippen LogP contribution in [0.15, 0.2) is 36.5 Å². The van der Waals surface area contributed by atoms with Crippen LogP contribution in [0.1, 0.15) is 0 Å². The van der Waals surface area contributed by atoms with Crippen LogP contribution in [0.5, 0.6) is 0 Å². The minimum absolute atomic E-state index is 0.102. The van der Waals surface area contributed by atoms with Gasteiger partial charge in [-0.2, -0.15) is 0 Å². The molecule has 3 heteroatoms. The molecule has 0 saturated heterocycles. The first-order valence-corrected chi connectivity index (χ1v) is 4.83. The summed E-state index contributed by atoms with van der Waals surface area (Å²) in [5.74, 6) is 0. The molecule has 0 unspecified atom stereocenters. The molecule has 0 aliphatic rings. The summed E-state index contributed by atoms with van der Waals surface area (Å²) < 4.78 is 8.34. The third kappa shape index (κ3) is 1.39. The van der Waals surface area contributed by atoms with Crippen LogP contribution >= 0.6 is 0 Å². The zero-order valence-electron chi connectivity index (χ0n) is 5.77. The molecule has 1 aromatic heterocycles. The van der Waals surface area contributed by atoms with Gasteiger partial charge >= 0.3 is 70.7 Å². The molecular formula is C8H6N2Se. The van der Waals surface area contributed by atoms with E-state index in [0.29, 0.717) is 0 Å². The summed E-state index contributed by atoms with van der Waals surface area (Å²) in [5.41, 5.74) is 2.18. The first-order valence-electron chi connectivity index (χ1n) is 3.30. The van der Waals surface area contributed by atoms with E-state index in [-0.39, 0.29) is 15.0 Å². The monoisotopic (exact) mass is 210 g/mol. The van der Waals surface area contributed by atoms with Crippen molar-refractivity contribution in [3.05, 3.63) is 36.5 Å². The summed E-state index contributed by atoms with van der Waals surface area (Å²) in [7, 11) is 0. The van der Waals surface area contributed by atoms with Gasteiger partial charge in [-0.15, -0.1) is 0 Å². The third-order valence-electron chi connectivity index (χ3n) is 1.43. The number of hydrogen-bond donors (Lipinski definition) is 0. The number of rotatable bonds is 1. The number of nitrogens with zero attached hydrogens (tertiary/aromatic N) is 2. The molecule has 0 fully saturated rings. The second kappa shape index (κ2) is 2.99. The molecule has 54 valence electrons. The SMILES string of the molecule is c1ccc(-c2cn[se]n2)cc1. The Morgan fingerprint density at radius 3 is 2.55 bits per heavy atom. The number of aromatic nitrogens is 2. The van der Waals surface area contributed by atoms with Crippen LogP contribution in [0.3, 0.4) is 0 Å². The predicted molar refractivity (Wildman–Crippen MR) is 44.4 cm³/mol. The van der Waals surface area contributed by atoms with Gasteiger partial charge in [-0.3, -0.25) is 0 Å². The van der Waals surface area contributed by atoms with Gasteiger partial charge in [0.05, 0.1) is 0 Å². The van der Waals surface area contributed by atoms with E-state index >= 15 is 0 Å². The quantitative estimate of drug-likeness (QED) is 0.659. The van der Waals surface area contributed by atoms with Gasteiger partial charge in [-0.05, 0) is 0 Å². The fraction of sp³-hybridized carbons (Fsp3) is 0. The normalized spacial score (nSPS) is 9.82. The van der Waals surface area contributed by atoms with Crippen LogP contribution in [-0.4, -0.2) is 22.9 Å². The average molecular weight is 209 g/mol. The Bertz CT molecular complexity index is 315. The van der Waals surface area contributed by atoms with Gasteiger partial charge in [-0.1, -0.05) is 0 Å². The van der Waals surface area contributed by atoms with E-state index in [1.807, 2.05) is 36.5 Å². The summed E-state index contributed by atoms with van der Waals surface area (Å²) in [6.45, 7) is 0. The van der Waals surface area contributed by atoms with Crippen molar-refractivity contribution in [3.8, 4) is 11.3 Å². The van der Waals surface area contributed by atoms with E-state index in [4.69, 9.17) is 0 Å². The third-order valence-corrected chi connectivity index (χ3v) is 2.43. The van der Waals surface area contributed by atoms with E-state index in [1.165, 1.54) is 0 Å². The van der Waals surface area contributed by atoms with Crippen molar-refractivity contribution in [3.63, 3.8) is 0 Å². The van der Waals surface area contributed by atoms with E-state index in [1.54, 1.807) is 0 Å². The maximum atomic E-state index is 4.26. The summed E-state index contributed by atoms with van der Waals surface area (Å²) in [6, 6.07) is 10.1. The molecule has 0 aliphatic heterocycles. The molecule has 1 aromatic carbocycles. The standard InChI is InChI=1S/C8H6N2Se/c1-2-4-7(5-3-1)8-6-9-11-10-8/h1-6H. The van der Waals surface area contributed by atoms with E-state index in [2.05, 4.69) is 7.96 Å². The van der Waals surface area contributed by atoms with Gasteiger partial charge in [0.25, 0.3) is 0 Å². The van der Waals surface area contributed by atoms with Gasteiger partial charge in [0.15, 0.2) is 0 Å². The minimum atomic E-state index is 0.102. The van der Waals surface area contributed by atoms with Gasteiger partial charge in [0.1, 0.15) is 0 Å². The first kappa shape index (κ1) is 6.77. The molecule has 2 rings (SSSR count). The molecule has 0 saturated carbocycles.